The quantitative estimate of drug-likeness (QED) is 0.822. The van der Waals surface area contributed by atoms with Crippen LogP contribution in [-0.4, -0.2) is 43.4 Å². The molecule has 1 N–H and O–H groups in total. The maximum atomic E-state index is 12.2. The minimum Gasteiger partial charge on any atom is -0.314 e. The summed E-state index contributed by atoms with van der Waals surface area (Å²) >= 11 is 0. The smallest absolute Gasteiger partial charge is 0.176 e. The van der Waals surface area contributed by atoms with Crippen LogP contribution in [0.5, 0.6) is 0 Å². The normalized spacial score (nSPS) is 16.8. The zero-order valence-corrected chi connectivity index (χ0v) is 12.0. The highest BCUT2D eigenvalue weighted by molar-refractivity contribution is 5.97. The molecule has 1 aliphatic heterocycles. The van der Waals surface area contributed by atoms with Crippen molar-refractivity contribution in [3.63, 3.8) is 0 Å². The Kier molecular flexibility index (Phi) is 5.11. The number of benzene rings is 1. The molecule has 0 spiro atoms. The van der Waals surface area contributed by atoms with Gasteiger partial charge in [0, 0.05) is 31.7 Å². The topological polar surface area (TPSA) is 32.3 Å². The number of carbonyl (C=O) groups excluding carboxylic acids is 1. The summed E-state index contributed by atoms with van der Waals surface area (Å²) in [6.45, 7) is 8.88. The van der Waals surface area contributed by atoms with Gasteiger partial charge in [-0.15, -0.1) is 0 Å². The van der Waals surface area contributed by atoms with Crippen LogP contribution >= 0.6 is 0 Å². The second-order valence-corrected chi connectivity index (χ2v) is 5.74. The van der Waals surface area contributed by atoms with Gasteiger partial charge in [-0.25, -0.2) is 0 Å². The molecule has 0 bridgehead atoms. The van der Waals surface area contributed by atoms with Gasteiger partial charge in [0.2, 0.25) is 0 Å². The molecule has 1 fully saturated rings. The van der Waals surface area contributed by atoms with Crippen LogP contribution < -0.4 is 5.32 Å². The Balaban J connectivity index is 1.91. The van der Waals surface area contributed by atoms with Gasteiger partial charge in [-0.1, -0.05) is 38.1 Å². The molecule has 0 aromatic heterocycles. The molecule has 1 aromatic carbocycles. The number of ketones is 1. The summed E-state index contributed by atoms with van der Waals surface area (Å²) < 4.78 is 0. The SMILES string of the molecule is CC(C)Cc1ccc(C(=O)CN2CCNCC2)cc1. The Morgan fingerprint density at radius 1 is 1.21 bits per heavy atom. The van der Waals surface area contributed by atoms with E-state index < -0.39 is 0 Å². The van der Waals surface area contributed by atoms with E-state index in [4.69, 9.17) is 0 Å². The van der Waals surface area contributed by atoms with Crippen molar-refractivity contribution in [2.24, 2.45) is 5.92 Å². The maximum absolute atomic E-state index is 12.2. The second kappa shape index (κ2) is 6.83. The van der Waals surface area contributed by atoms with Crippen LogP contribution in [0.1, 0.15) is 29.8 Å². The molecule has 19 heavy (non-hydrogen) atoms. The number of Topliss-reactive ketones (excluding diaryl/α,β-unsaturated/α-hetero) is 1. The number of nitrogens with zero attached hydrogens (tertiary/aromatic N) is 1. The largest absolute Gasteiger partial charge is 0.314 e. The summed E-state index contributed by atoms with van der Waals surface area (Å²) in [6.07, 6.45) is 1.08. The number of piperazine rings is 1. The van der Waals surface area contributed by atoms with Gasteiger partial charge in [-0.2, -0.15) is 0 Å². The number of carbonyl (C=O) groups is 1. The van der Waals surface area contributed by atoms with Crippen molar-refractivity contribution in [3.8, 4) is 0 Å². The molecule has 0 radical (unpaired) electrons. The van der Waals surface area contributed by atoms with Crippen LogP contribution in [-0.2, 0) is 6.42 Å². The highest BCUT2D eigenvalue weighted by Crippen LogP contribution is 2.11. The van der Waals surface area contributed by atoms with Gasteiger partial charge in [0.05, 0.1) is 6.54 Å². The number of rotatable bonds is 5. The number of hydrogen-bond acceptors (Lipinski definition) is 3. The molecule has 3 nitrogen and oxygen atoms in total. The first kappa shape index (κ1) is 14.2. The van der Waals surface area contributed by atoms with Crippen LogP contribution in [0.2, 0.25) is 0 Å². The standard InChI is InChI=1S/C16H24N2O/c1-13(2)11-14-3-5-15(6-4-14)16(19)12-18-9-7-17-8-10-18/h3-6,13,17H,7-12H2,1-2H3. The van der Waals surface area contributed by atoms with E-state index in [1.807, 2.05) is 12.1 Å². The minimum atomic E-state index is 0.234. The third-order valence-electron chi connectivity index (χ3n) is 3.50. The molecule has 0 amide bonds. The molecule has 1 saturated heterocycles. The molecule has 2 rings (SSSR count). The van der Waals surface area contributed by atoms with Crippen LogP contribution in [0.4, 0.5) is 0 Å². The van der Waals surface area contributed by atoms with Gasteiger partial charge in [-0.3, -0.25) is 9.69 Å². The lowest BCUT2D eigenvalue weighted by Crippen LogP contribution is -2.45. The highest BCUT2D eigenvalue weighted by Gasteiger charge is 2.14. The van der Waals surface area contributed by atoms with Crippen LogP contribution in [0.15, 0.2) is 24.3 Å². The fraction of sp³-hybridized carbons (Fsp3) is 0.562. The van der Waals surface area contributed by atoms with Crippen LogP contribution in [0.3, 0.4) is 0 Å². The lowest BCUT2D eigenvalue weighted by Gasteiger charge is -2.26. The zero-order valence-electron chi connectivity index (χ0n) is 12.0. The summed E-state index contributed by atoms with van der Waals surface area (Å²) in [5.74, 6) is 0.889. The summed E-state index contributed by atoms with van der Waals surface area (Å²) in [5, 5.41) is 3.30. The maximum Gasteiger partial charge on any atom is 0.176 e. The van der Waals surface area contributed by atoms with Crippen molar-refractivity contribution >= 4 is 5.78 Å². The van der Waals surface area contributed by atoms with Crippen LogP contribution in [0.25, 0.3) is 0 Å². The van der Waals surface area contributed by atoms with Crippen molar-refractivity contribution in [2.45, 2.75) is 20.3 Å². The zero-order chi connectivity index (χ0) is 13.7. The molecule has 0 atom stereocenters. The molecule has 0 unspecified atom stereocenters. The summed E-state index contributed by atoms with van der Waals surface area (Å²) in [6, 6.07) is 8.13. The van der Waals surface area contributed by atoms with E-state index in [1.54, 1.807) is 0 Å². The van der Waals surface area contributed by atoms with E-state index >= 15 is 0 Å². The van der Waals surface area contributed by atoms with E-state index in [1.165, 1.54) is 5.56 Å². The van der Waals surface area contributed by atoms with E-state index in [2.05, 4.69) is 36.2 Å². The number of nitrogens with one attached hydrogen (secondary N) is 1. The Morgan fingerprint density at radius 2 is 1.84 bits per heavy atom. The monoisotopic (exact) mass is 260 g/mol. The van der Waals surface area contributed by atoms with Gasteiger partial charge >= 0.3 is 0 Å². The average molecular weight is 260 g/mol. The van der Waals surface area contributed by atoms with Gasteiger partial charge < -0.3 is 5.32 Å². The Labute approximate surface area is 116 Å². The van der Waals surface area contributed by atoms with Crippen LogP contribution in [0, 0.1) is 5.92 Å². The van der Waals surface area contributed by atoms with E-state index in [-0.39, 0.29) is 5.78 Å². The fourth-order valence-electron chi connectivity index (χ4n) is 2.46. The van der Waals surface area contributed by atoms with Crippen molar-refractivity contribution in [1.82, 2.24) is 10.2 Å². The van der Waals surface area contributed by atoms with E-state index in [0.717, 1.165) is 38.2 Å². The van der Waals surface area contributed by atoms with Gasteiger partial charge in [0.15, 0.2) is 5.78 Å². The lowest BCUT2D eigenvalue weighted by molar-refractivity contribution is 0.0921. The van der Waals surface area contributed by atoms with Crippen molar-refractivity contribution in [2.75, 3.05) is 32.7 Å². The summed E-state index contributed by atoms with van der Waals surface area (Å²) in [4.78, 5) is 14.4. The third-order valence-corrected chi connectivity index (χ3v) is 3.50. The Bertz CT molecular complexity index is 405. The second-order valence-electron chi connectivity index (χ2n) is 5.74. The van der Waals surface area contributed by atoms with Crippen molar-refractivity contribution in [3.05, 3.63) is 35.4 Å². The molecular formula is C16H24N2O. The number of hydrogen-bond donors (Lipinski definition) is 1. The average Bonchev–Trinajstić information content (AvgIpc) is 2.40. The lowest BCUT2D eigenvalue weighted by atomic mass is 10.0. The first-order valence-corrected chi connectivity index (χ1v) is 7.20. The van der Waals surface area contributed by atoms with Crippen molar-refractivity contribution in [1.29, 1.82) is 0 Å². The van der Waals surface area contributed by atoms with E-state index in [9.17, 15) is 4.79 Å². The van der Waals surface area contributed by atoms with E-state index in [0.29, 0.717) is 12.5 Å². The predicted molar refractivity (Wildman–Crippen MR) is 78.6 cm³/mol. The van der Waals surface area contributed by atoms with Gasteiger partial charge in [0.25, 0.3) is 0 Å². The molecule has 1 aliphatic rings. The Morgan fingerprint density at radius 3 is 2.42 bits per heavy atom. The van der Waals surface area contributed by atoms with Gasteiger partial charge in [-0.05, 0) is 17.9 Å². The molecule has 1 heterocycles. The Hall–Kier alpha value is -1.19. The first-order valence-electron chi connectivity index (χ1n) is 7.20. The molecular weight excluding hydrogens is 236 g/mol. The molecule has 3 heteroatoms. The highest BCUT2D eigenvalue weighted by atomic mass is 16.1. The molecule has 0 aliphatic carbocycles. The first-order chi connectivity index (χ1) is 9.15. The molecule has 0 saturated carbocycles. The molecule has 1 aromatic rings. The minimum absolute atomic E-state index is 0.234. The van der Waals surface area contributed by atoms with Crippen molar-refractivity contribution < 1.29 is 4.79 Å². The van der Waals surface area contributed by atoms with Gasteiger partial charge in [0.1, 0.15) is 0 Å². The summed E-state index contributed by atoms with van der Waals surface area (Å²) in [7, 11) is 0. The summed E-state index contributed by atoms with van der Waals surface area (Å²) in [5.41, 5.74) is 2.15. The third kappa shape index (κ3) is 4.44. The molecule has 104 valence electrons. The fourth-order valence-corrected chi connectivity index (χ4v) is 2.46. The predicted octanol–water partition coefficient (Wildman–Crippen LogP) is 1.97.